The van der Waals surface area contributed by atoms with Crippen molar-refractivity contribution in [3.8, 4) is 21.9 Å². The van der Waals surface area contributed by atoms with Gasteiger partial charge in [-0.3, -0.25) is 9.59 Å². The fourth-order valence-corrected chi connectivity index (χ4v) is 4.33. The number of thiophene rings is 2. The topological polar surface area (TPSA) is 90.0 Å². The lowest BCUT2D eigenvalue weighted by atomic mass is 10.1. The second-order valence-corrected chi connectivity index (χ2v) is 8.82. The molecule has 0 aromatic carbocycles. The van der Waals surface area contributed by atoms with E-state index in [1.807, 2.05) is 43.5 Å². The molecule has 4 heterocycles. The molecule has 0 aliphatic rings. The van der Waals surface area contributed by atoms with Crippen molar-refractivity contribution in [1.29, 1.82) is 0 Å². The lowest BCUT2D eigenvalue weighted by molar-refractivity contribution is -0.122. The van der Waals surface area contributed by atoms with Crippen molar-refractivity contribution in [3.05, 3.63) is 67.6 Å². The van der Waals surface area contributed by atoms with Gasteiger partial charge in [-0.15, -0.1) is 22.7 Å². The van der Waals surface area contributed by atoms with E-state index in [4.69, 9.17) is 4.52 Å². The van der Waals surface area contributed by atoms with Crippen LogP contribution in [0.5, 0.6) is 0 Å². The molecule has 148 valence electrons. The minimum absolute atomic E-state index is 0.155. The Morgan fingerprint density at radius 1 is 1.24 bits per heavy atom. The quantitative estimate of drug-likeness (QED) is 0.509. The second-order valence-electron chi connectivity index (χ2n) is 6.50. The van der Waals surface area contributed by atoms with Gasteiger partial charge in [-0.05, 0) is 37.4 Å². The third kappa shape index (κ3) is 4.36. The zero-order chi connectivity index (χ0) is 20.4. The van der Waals surface area contributed by atoms with Gasteiger partial charge in [0, 0.05) is 21.9 Å². The van der Waals surface area contributed by atoms with Crippen LogP contribution in [0, 0.1) is 13.8 Å². The Balaban J connectivity index is 1.66. The molecule has 0 spiro atoms. The molecule has 1 amide bonds. The van der Waals surface area contributed by atoms with Gasteiger partial charge >= 0.3 is 0 Å². The number of nitrogens with one attached hydrogen (secondary N) is 1. The highest BCUT2D eigenvalue weighted by molar-refractivity contribution is 7.15. The molecule has 0 radical (unpaired) electrons. The van der Waals surface area contributed by atoms with Crippen molar-refractivity contribution in [2.45, 2.75) is 26.9 Å². The molecule has 4 rings (SSSR count). The van der Waals surface area contributed by atoms with Crippen molar-refractivity contribution < 1.29 is 9.32 Å². The van der Waals surface area contributed by atoms with Crippen molar-refractivity contribution in [2.75, 3.05) is 0 Å². The number of rotatable bonds is 6. The maximum absolute atomic E-state index is 12.6. The average molecular weight is 427 g/mol. The van der Waals surface area contributed by atoms with Crippen LogP contribution in [0.2, 0.25) is 0 Å². The van der Waals surface area contributed by atoms with Crippen LogP contribution in [-0.4, -0.2) is 20.8 Å². The number of carbonyl (C=O) groups excluding carboxylic acids is 1. The van der Waals surface area contributed by atoms with Crippen molar-refractivity contribution in [1.82, 2.24) is 20.3 Å². The zero-order valence-corrected chi connectivity index (χ0v) is 17.5. The van der Waals surface area contributed by atoms with Crippen LogP contribution in [0.15, 0.2) is 51.1 Å². The van der Waals surface area contributed by atoms with Crippen molar-refractivity contribution >= 4 is 28.6 Å². The molecule has 1 N–H and O–H groups in total. The van der Waals surface area contributed by atoms with E-state index in [1.54, 1.807) is 28.7 Å². The van der Waals surface area contributed by atoms with Gasteiger partial charge < -0.3 is 9.84 Å². The largest absolute Gasteiger partial charge is 0.356 e. The summed E-state index contributed by atoms with van der Waals surface area (Å²) in [4.78, 5) is 28.0. The first kappa shape index (κ1) is 19.3. The first-order valence-electron chi connectivity index (χ1n) is 8.91. The molecule has 4 aromatic rings. The predicted octanol–water partition coefficient (Wildman–Crippen LogP) is 3.62. The minimum atomic E-state index is -0.377. The maximum atomic E-state index is 12.6. The molecule has 29 heavy (non-hydrogen) atoms. The van der Waals surface area contributed by atoms with Gasteiger partial charge in [-0.25, -0.2) is 4.68 Å². The monoisotopic (exact) mass is 426 g/mol. The summed E-state index contributed by atoms with van der Waals surface area (Å²) in [6, 6.07) is 11.0. The van der Waals surface area contributed by atoms with Crippen LogP contribution in [0.25, 0.3) is 21.9 Å². The first-order chi connectivity index (χ1) is 14.0. The number of amides is 1. The Morgan fingerprint density at radius 2 is 2.10 bits per heavy atom. The van der Waals surface area contributed by atoms with Crippen molar-refractivity contribution in [3.63, 3.8) is 0 Å². The SMILES string of the molecule is Cc1cc(-c2cc(=O)n(CC(=O)NCc3cccs3)nc2-c2ccc(C)s2)on1. The van der Waals surface area contributed by atoms with Crippen LogP contribution >= 0.6 is 22.7 Å². The fourth-order valence-electron chi connectivity index (χ4n) is 2.82. The van der Waals surface area contributed by atoms with Crippen LogP contribution < -0.4 is 10.9 Å². The smallest absolute Gasteiger partial charge is 0.268 e. The molecule has 0 fully saturated rings. The maximum Gasteiger partial charge on any atom is 0.268 e. The summed E-state index contributed by atoms with van der Waals surface area (Å²) in [6.45, 7) is 4.09. The normalized spacial score (nSPS) is 11.0. The summed E-state index contributed by atoms with van der Waals surface area (Å²) in [6.07, 6.45) is 0. The summed E-state index contributed by atoms with van der Waals surface area (Å²) in [7, 11) is 0. The third-order valence-corrected chi connectivity index (χ3v) is 6.08. The summed E-state index contributed by atoms with van der Waals surface area (Å²) < 4.78 is 6.54. The van der Waals surface area contributed by atoms with Gasteiger partial charge in [-0.1, -0.05) is 11.2 Å². The number of nitrogens with zero attached hydrogens (tertiary/aromatic N) is 3. The van der Waals surface area contributed by atoms with Gasteiger partial charge in [0.15, 0.2) is 5.76 Å². The minimum Gasteiger partial charge on any atom is -0.356 e. The first-order valence-corrected chi connectivity index (χ1v) is 10.6. The molecule has 9 heteroatoms. The van der Waals surface area contributed by atoms with Gasteiger partial charge in [0.2, 0.25) is 5.91 Å². The van der Waals surface area contributed by atoms with Crippen LogP contribution in [-0.2, 0) is 17.9 Å². The van der Waals surface area contributed by atoms with E-state index in [9.17, 15) is 9.59 Å². The van der Waals surface area contributed by atoms with E-state index in [0.29, 0.717) is 29.3 Å². The number of hydrogen-bond acceptors (Lipinski definition) is 7. The van der Waals surface area contributed by atoms with E-state index < -0.39 is 0 Å². The summed E-state index contributed by atoms with van der Waals surface area (Å²) >= 11 is 3.12. The lowest BCUT2D eigenvalue weighted by Gasteiger charge is -2.10. The van der Waals surface area contributed by atoms with Gasteiger partial charge in [0.1, 0.15) is 12.2 Å². The molecule has 0 bridgehead atoms. The molecule has 0 unspecified atom stereocenters. The Morgan fingerprint density at radius 3 is 2.76 bits per heavy atom. The third-order valence-electron chi connectivity index (χ3n) is 4.20. The molecule has 0 saturated heterocycles. The molecular weight excluding hydrogens is 408 g/mol. The Kier molecular flexibility index (Phi) is 5.41. The molecule has 0 saturated carbocycles. The van der Waals surface area contributed by atoms with E-state index in [-0.39, 0.29) is 18.0 Å². The highest BCUT2D eigenvalue weighted by Gasteiger charge is 2.18. The lowest BCUT2D eigenvalue weighted by Crippen LogP contribution is -2.33. The van der Waals surface area contributed by atoms with Gasteiger partial charge in [0.05, 0.1) is 22.7 Å². The van der Waals surface area contributed by atoms with E-state index in [2.05, 4.69) is 15.6 Å². The van der Waals surface area contributed by atoms with Crippen molar-refractivity contribution in [2.24, 2.45) is 0 Å². The predicted molar refractivity (Wildman–Crippen MR) is 113 cm³/mol. The second kappa shape index (κ2) is 8.14. The molecule has 0 atom stereocenters. The van der Waals surface area contributed by atoms with Gasteiger partial charge in [0.25, 0.3) is 5.56 Å². The number of hydrogen-bond donors (Lipinski definition) is 1. The van der Waals surface area contributed by atoms with Crippen LogP contribution in [0.1, 0.15) is 15.4 Å². The van der Waals surface area contributed by atoms with E-state index in [1.165, 1.54) is 10.7 Å². The van der Waals surface area contributed by atoms with Crippen LogP contribution in [0.4, 0.5) is 0 Å². The highest BCUT2D eigenvalue weighted by atomic mass is 32.1. The molecule has 4 aromatic heterocycles. The van der Waals surface area contributed by atoms with E-state index >= 15 is 0 Å². The highest BCUT2D eigenvalue weighted by Crippen LogP contribution is 2.33. The fraction of sp³-hybridized carbons (Fsp3) is 0.200. The molecule has 0 aliphatic heterocycles. The number of aryl methyl sites for hydroxylation is 2. The molecule has 0 aliphatic carbocycles. The summed E-state index contributed by atoms with van der Waals surface area (Å²) in [5.74, 6) is 0.201. The number of aromatic nitrogens is 3. The molecule has 7 nitrogen and oxygen atoms in total. The van der Waals surface area contributed by atoms with Crippen LogP contribution in [0.3, 0.4) is 0 Å². The van der Waals surface area contributed by atoms with Gasteiger partial charge in [-0.2, -0.15) is 5.10 Å². The van der Waals surface area contributed by atoms with E-state index in [0.717, 1.165) is 14.6 Å². The Bertz CT molecular complexity index is 1200. The average Bonchev–Trinajstić information content (AvgIpc) is 3.44. The Hall–Kier alpha value is -3.04. The Labute approximate surface area is 174 Å². The standard InChI is InChI=1S/C20H18N4O3S2/c1-12-8-16(27-23-12)15-9-19(26)24(22-20(15)17-6-5-13(2)29-17)11-18(25)21-10-14-4-3-7-28-14/h3-9H,10-11H2,1-2H3,(H,21,25). The number of carbonyl (C=O) groups is 1. The zero-order valence-electron chi connectivity index (χ0n) is 15.8. The summed E-state index contributed by atoms with van der Waals surface area (Å²) in [5, 5.41) is 13.2. The molecular formula is C20H18N4O3S2. The summed E-state index contributed by atoms with van der Waals surface area (Å²) in [5.41, 5.74) is 1.49.